The van der Waals surface area contributed by atoms with Crippen LogP contribution in [0.25, 0.3) is 0 Å². The second kappa shape index (κ2) is 17.4. The summed E-state index contributed by atoms with van der Waals surface area (Å²) in [6.07, 6.45) is 3.10. The molecule has 1 aromatic carbocycles. The second-order valence-corrected chi connectivity index (χ2v) is 11.6. The van der Waals surface area contributed by atoms with Crippen LogP contribution >= 0.6 is 0 Å². The van der Waals surface area contributed by atoms with E-state index in [-0.39, 0.29) is 50.2 Å². The Bertz CT molecular complexity index is 1140. The highest BCUT2D eigenvalue weighted by Crippen LogP contribution is 2.29. The van der Waals surface area contributed by atoms with E-state index in [0.717, 1.165) is 37.0 Å². The molecule has 43 heavy (non-hydrogen) atoms. The van der Waals surface area contributed by atoms with E-state index in [1.807, 2.05) is 12.1 Å². The largest absolute Gasteiger partial charge is 0.479 e. The molecule has 1 saturated heterocycles. The van der Waals surface area contributed by atoms with Crippen molar-refractivity contribution >= 4 is 30.0 Å². The Balaban J connectivity index is 1.89. The number of esters is 1. The number of aliphatic hydroxyl groups is 1. The number of allylic oxidation sites excluding steroid dienone is 1. The van der Waals surface area contributed by atoms with Crippen LogP contribution < -0.4 is 10.1 Å². The molecule has 3 N–H and O–H groups in total. The summed E-state index contributed by atoms with van der Waals surface area (Å²) < 4.78 is 17.0. The van der Waals surface area contributed by atoms with E-state index in [9.17, 15) is 34.2 Å². The standard InChI is InChI=1S/C31H44N2O10/c1-31(2,3)30(40)41-20-22-12-11-21(17-24(22)42-28-19-23(35)18-25(43-28)29(38)39)9-6-5-7-14-32-26(36)13-15-33(4)27(37)10-8-16-34/h8,10-12,16-17,23,25,28,35H,5-7,9,13-15,18-20H2,1-4H3,(H,32,36)(H,38,39)/b10-8-. The number of aliphatic carboxylic acids is 1. The minimum absolute atomic E-state index is 0.0253. The summed E-state index contributed by atoms with van der Waals surface area (Å²) in [6, 6.07) is 5.52. The van der Waals surface area contributed by atoms with Crippen LogP contribution in [0.2, 0.25) is 0 Å². The third kappa shape index (κ3) is 13.0. The van der Waals surface area contributed by atoms with Crippen LogP contribution in [-0.4, -0.2) is 83.8 Å². The average Bonchev–Trinajstić information content (AvgIpc) is 2.94. The number of carbonyl (C=O) groups is 5. The highest BCUT2D eigenvalue weighted by molar-refractivity contribution is 5.91. The quantitative estimate of drug-likeness (QED) is 0.110. The molecule has 1 heterocycles. The molecule has 3 unspecified atom stereocenters. The first-order valence-corrected chi connectivity index (χ1v) is 14.5. The average molecular weight is 605 g/mol. The Morgan fingerprint density at radius 1 is 1.14 bits per heavy atom. The van der Waals surface area contributed by atoms with Gasteiger partial charge in [-0.3, -0.25) is 19.2 Å². The maximum absolute atomic E-state index is 12.3. The maximum atomic E-state index is 12.3. The van der Waals surface area contributed by atoms with Crippen molar-refractivity contribution in [3.05, 3.63) is 41.5 Å². The van der Waals surface area contributed by atoms with Crippen LogP contribution in [0.5, 0.6) is 5.75 Å². The molecule has 2 amide bonds. The smallest absolute Gasteiger partial charge is 0.333 e. The molecule has 0 aromatic heterocycles. The number of hydrogen-bond donors (Lipinski definition) is 3. The maximum Gasteiger partial charge on any atom is 0.333 e. The molecule has 1 aliphatic rings. The number of carbonyl (C=O) groups excluding carboxylic acids is 4. The Kier molecular flexibility index (Phi) is 14.3. The number of nitrogens with one attached hydrogen (secondary N) is 1. The molecule has 12 nitrogen and oxygen atoms in total. The zero-order valence-electron chi connectivity index (χ0n) is 25.4. The minimum Gasteiger partial charge on any atom is -0.479 e. The van der Waals surface area contributed by atoms with Crippen LogP contribution in [0, 0.1) is 5.41 Å². The third-order valence-corrected chi connectivity index (χ3v) is 6.74. The number of ether oxygens (including phenoxy) is 3. The zero-order valence-corrected chi connectivity index (χ0v) is 25.4. The van der Waals surface area contributed by atoms with Gasteiger partial charge in [-0.15, -0.1) is 0 Å². The van der Waals surface area contributed by atoms with Crippen LogP contribution in [0.15, 0.2) is 30.4 Å². The Labute approximate surface area is 252 Å². The summed E-state index contributed by atoms with van der Waals surface area (Å²) in [5.41, 5.74) is 0.857. The molecule has 1 aliphatic heterocycles. The van der Waals surface area contributed by atoms with Gasteiger partial charge in [-0.25, -0.2) is 4.79 Å². The third-order valence-electron chi connectivity index (χ3n) is 6.74. The Morgan fingerprint density at radius 2 is 1.88 bits per heavy atom. The summed E-state index contributed by atoms with van der Waals surface area (Å²) in [5, 5.41) is 22.3. The molecule has 1 aromatic rings. The number of carboxylic acids is 1. The lowest BCUT2D eigenvalue weighted by Gasteiger charge is -2.31. The summed E-state index contributed by atoms with van der Waals surface area (Å²) >= 11 is 0. The predicted molar refractivity (Wildman–Crippen MR) is 156 cm³/mol. The molecule has 1 fully saturated rings. The van der Waals surface area contributed by atoms with E-state index in [2.05, 4.69) is 5.32 Å². The monoisotopic (exact) mass is 604 g/mol. The van der Waals surface area contributed by atoms with Gasteiger partial charge >= 0.3 is 11.9 Å². The number of likely N-dealkylation sites (N-methyl/N-ethyl adjacent to an activating group) is 1. The van der Waals surface area contributed by atoms with Crippen LogP contribution in [0.1, 0.15) is 70.4 Å². The molecular formula is C31H44N2O10. The van der Waals surface area contributed by atoms with E-state index >= 15 is 0 Å². The summed E-state index contributed by atoms with van der Waals surface area (Å²) in [5.74, 6) is -1.68. The van der Waals surface area contributed by atoms with Crippen molar-refractivity contribution in [2.24, 2.45) is 5.41 Å². The van der Waals surface area contributed by atoms with Gasteiger partial charge in [-0.05, 0) is 57.7 Å². The van der Waals surface area contributed by atoms with Crippen molar-refractivity contribution in [3.8, 4) is 5.75 Å². The van der Waals surface area contributed by atoms with Gasteiger partial charge in [0.1, 0.15) is 18.6 Å². The molecule has 0 bridgehead atoms. The molecule has 238 valence electrons. The number of amides is 2. The molecule has 0 aliphatic carbocycles. The molecule has 2 rings (SSSR count). The zero-order chi connectivity index (χ0) is 32.0. The molecular weight excluding hydrogens is 560 g/mol. The lowest BCUT2D eigenvalue weighted by atomic mass is 9.97. The normalized spacial score (nSPS) is 18.6. The molecule has 0 saturated carbocycles. The number of aliphatic hydroxyl groups excluding tert-OH is 1. The predicted octanol–water partition coefficient (Wildman–Crippen LogP) is 2.54. The lowest BCUT2D eigenvalue weighted by Crippen LogP contribution is -2.42. The van der Waals surface area contributed by atoms with Crippen molar-refractivity contribution in [2.75, 3.05) is 20.1 Å². The van der Waals surface area contributed by atoms with Crippen molar-refractivity contribution in [1.29, 1.82) is 0 Å². The van der Waals surface area contributed by atoms with Gasteiger partial charge in [0.15, 0.2) is 6.10 Å². The first kappa shape index (κ1) is 35.4. The number of unbranched alkanes of at least 4 members (excludes halogenated alkanes) is 2. The van der Waals surface area contributed by atoms with Gasteiger partial charge in [0.2, 0.25) is 18.1 Å². The number of aryl methyl sites for hydroxylation is 1. The van der Waals surface area contributed by atoms with Crippen LogP contribution in [-0.2, 0) is 46.5 Å². The number of hydrogen-bond acceptors (Lipinski definition) is 9. The molecule has 0 spiro atoms. The SMILES string of the molecule is CN(CCC(=O)NCCCCCc1ccc(COC(=O)C(C)(C)C)c(OC2CC(O)CC(C(=O)O)O2)c1)C(=O)/C=C\C=O. The van der Waals surface area contributed by atoms with E-state index in [1.165, 1.54) is 4.90 Å². The number of nitrogens with zero attached hydrogens (tertiary/aromatic N) is 1. The van der Waals surface area contributed by atoms with E-state index in [0.29, 0.717) is 30.6 Å². The highest BCUT2D eigenvalue weighted by atomic mass is 16.7. The van der Waals surface area contributed by atoms with Crippen LogP contribution in [0.3, 0.4) is 0 Å². The van der Waals surface area contributed by atoms with Gasteiger partial charge in [0, 0.05) is 51.0 Å². The fourth-order valence-electron chi connectivity index (χ4n) is 4.15. The summed E-state index contributed by atoms with van der Waals surface area (Å²) in [6.45, 7) is 5.96. The van der Waals surface area contributed by atoms with Gasteiger partial charge in [-0.2, -0.15) is 0 Å². The Morgan fingerprint density at radius 3 is 2.56 bits per heavy atom. The van der Waals surface area contributed by atoms with Gasteiger partial charge in [-0.1, -0.05) is 18.6 Å². The number of aldehydes is 1. The number of rotatable bonds is 16. The van der Waals surface area contributed by atoms with Gasteiger partial charge in [0.05, 0.1) is 11.5 Å². The van der Waals surface area contributed by atoms with E-state index < -0.39 is 29.9 Å². The van der Waals surface area contributed by atoms with Crippen molar-refractivity contribution in [1.82, 2.24) is 10.2 Å². The fourth-order valence-corrected chi connectivity index (χ4v) is 4.15. The topological polar surface area (TPSA) is 169 Å². The van der Waals surface area contributed by atoms with E-state index in [1.54, 1.807) is 33.9 Å². The lowest BCUT2D eigenvalue weighted by molar-refractivity contribution is -0.195. The number of carboxylic acid groups (broad SMARTS) is 1. The van der Waals surface area contributed by atoms with Crippen LogP contribution in [0.4, 0.5) is 0 Å². The summed E-state index contributed by atoms with van der Waals surface area (Å²) in [4.78, 5) is 59.2. The minimum atomic E-state index is -1.19. The molecule has 12 heteroatoms. The molecule has 0 radical (unpaired) electrons. The van der Waals surface area contributed by atoms with Crippen molar-refractivity contribution < 1.29 is 48.4 Å². The summed E-state index contributed by atoms with van der Waals surface area (Å²) in [7, 11) is 1.56. The molecule has 3 atom stereocenters. The first-order chi connectivity index (χ1) is 20.3. The number of benzene rings is 1. The van der Waals surface area contributed by atoms with E-state index in [4.69, 9.17) is 14.2 Å². The van der Waals surface area contributed by atoms with Gasteiger partial charge < -0.3 is 34.6 Å². The second-order valence-electron chi connectivity index (χ2n) is 11.6. The van der Waals surface area contributed by atoms with Gasteiger partial charge in [0.25, 0.3) is 0 Å². The fraction of sp³-hybridized carbons (Fsp3) is 0.581. The van der Waals surface area contributed by atoms with Crippen molar-refractivity contribution in [3.63, 3.8) is 0 Å². The highest BCUT2D eigenvalue weighted by Gasteiger charge is 2.34. The van der Waals surface area contributed by atoms with Crippen molar-refractivity contribution in [2.45, 2.75) is 90.8 Å². The first-order valence-electron chi connectivity index (χ1n) is 14.5. The Hall–Kier alpha value is -3.77.